The van der Waals surface area contributed by atoms with Crippen LogP contribution in [0.1, 0.15) is 11.5 Å². The summed E-state index contributed by atoms with van der Waals surface area (Å²) in [5.41, 5.74) is 0.946. The van der Waals surface area contributed by atoms with E-state index >= 15 is 0 Å². The second kappa shape index (κ2) is 7.68. The summed E-state index contributed by atoms with van der Waals surface area (Å²) in [6.07, 6.45) is 0.645. The van der Waals surface area contributed by atoms with Crippen LogP contribution in [0.25, 0.3) is 0 Å². The summed E-state index contributed by atoms with van der Waals surface area (Å²) in [4.78, 5) is 11.7. The highest BCUT2D eigenvalue weighted by atomic mass is 35.5. The highest BCUT2D eigenvalue weighted by Gasteiger charge is 2.08. The standard InChI is InChI=1S/C13H13Cl2N3O2S/c1-8-17-18-13(20-8)21-7-12(19)16-5-4-9-2-3-10(14)6-11(9)15/h2-3,6H,4-5,7H2,1H3,(H,16,19). The maximum Gasteiger partial charge on any atom is 0.277 e. The van der Waals surface area contributed by atoms with Gasteiger partial charge in [-0.1, -0.05) is 41.0 Å². The fourth-order valence-electron chi connectivity index (χ4n) is 1.58. The topological polar surface area (TPSA) is 68.0 Å². The van der Waals surface area contributed by atoms with Gasteiger partial charge in [0.2, 0.25) is 11.8 Å². The Hall–Kier alpha value is -1.24. The zero-order valence-electron chi connectivity index (χ0n) is 11.2. The molecule has 5 nitrogen and oxygen atoms in total. The van der Waals surface area contributed by atoms with Crippen molar-refractivity contribution in [2.45, 2.75) is 18.6 Å². The number of rotatable bonds is 6. The number of amides is 1. The van der Waals surface area contributed by atoms with E-state index in [2.05, 4.69) is 15.5 Å². The second-order valence-electron chi connectivity index (χ2n) is 4.21. The minimum Gasteiger partial charge on any atom is -0.416 e. The predicted octanol–water partition coefficient (Wildman–Crippen LogP) is 3.14. The SMILES string of the molecule is Cc1nnc(SCC(=O)NCCc2ccc(Cl)cc2Cl)o1. The Morgan fingerprint density at radius 1 is 1.38 bits per heavy atom. The Bertz CT molecular complexity index is 634. The summed E-state index contributed by atoms with van der Waals surface area (Å²) in [5, 5.41) is 11.9. The molecule has 0 fully saturated rings. The summed E-state index contributed by atoms with van der Waals surface area (Å²) in [5.74, 6) is 0.618. The van der Waals surface area contributed by atoms with Gasteiger partial charge >= 0.3 is 0 Å². The molecule has 1 N–H and O–H groups in total. The summed E-state index contributed by atoms with van der Waals surface area (Å²) < 4.78 is 5.17. The van der Waals surface area contributed by atoms with Gasteiger partial charge in [-0.05, 0) is 24.1 Å². The minimum absolute atomic E-state index is 0.0964. The fraction of sp³-hybridized carbons (Fsp3) is 0.308. The van der Waals surface area contributed by atoms with Crippen molar-refractivity contribution in [2.75, 3.05) is 12.3 Å². The minimum atomic E-state index is -0.0964. The first-order valence-corrected chi connectivity index (χ1v) is 7.92. The molecule has 1 aromatic carbocycles. The summed E-state index contributed by atoms with van der Waals surface area (Å²) in [6.45, 7) is 2.20. The van der Waals surface area contributed by atoms with Gasteiger partial charge in [0, 0.05) is 23.5 Å². The molecule has 112 valence electrons. The Morgan fingerprint density at radius 2 is 2.19 bits per heavy atom. The number of carbonyl (C=O) groups excluding carboxylic acids is 1. The summed E-state index contributed by atoms with van der Waals surface area (Å²) >= 11 is 13.1. The van der Waals surface area contributed by atoms with Crippen LogP contribution in [-0.2, 0) is 11.2 Å². The van der Waals surface area contributed by atoms with Crippen LogP contribution in [-0.4, -0.2) is 28.4 Å². The van der Waals surface area contributed by atoms with Crippen LogP contribution in [0.4, 0.5) is 0 Å². The molecule has 1 heterocycles. The van der Waals surface area contributed by atoms with Gasteiger partial charge < -0.3 is 9.73 Å². The lowest BCUT2D eigenvalue weighted by Gasteiger charge is -2.06. The number of hydrogen-bond donors (Lipinski definition) is 1. The first-order valence-electron chi connectivity index (χ1n) is 6.18. The van der Waals surface area contributed by atoms with Gasteiger partial charge in [-0.25, -0.2) is 0 Å². The number of aryl methyl sites for hydroxylation is 1. The van der Waals surface area contributed by atoms with E-state index in [4.69, 9.17) is 27.6 Å². The Kier molecular flexibility index (Phi) is 5.90. The average Bonchev–Trinajstić information content (AvgIpc) is 2.85. The fourth-order valence-corrected chi connectivity index (χ4v) is 2.71. The van der Waals surface area contributed by atoms with Gasteiger partial charge in [0.25, 0.3) is 5.22 Å². The van der Waals surface area contributed by atoms with Crippen LogP contribution in [0.3, 0.4) is 0 Å². The van der Waals surface area contributed by atoms with Crippen molar-refractivity contribution in [3.63, 3.8) is 0 Å². The first kappa shape index (κ1) is 16.1. The van der Waals surface area contributed by atoms with Gasteiger partial charge in [-0.2, -0.15) is 0 Å². The third-order valence-electron chi connectivity index (χ3n) is 2.57. The van der Waals surface area contributed by atoms with Crippen molar-refractivity contribution in [3.8, 4) is 0 Å². The van der Waals surface area contributed by atoms with Crippen LogP contribution in [0.2, 0.25) is 10.0 Å². The number of benzene rings is 1. The van der Waals surface area contributed by atoms with Crippen LogP contribution in [0, 0.1) is 6.92 Å². The Morgan fingerprint density at radius 3 is 2.86 bits per heavy atom. The highest BCUT2D eigenvalue weighted by Crippen LogP contribution is 2.21. The molecule has 0 aliphatic heterocycles. The molecule has 0 aliphatic rings. The number of nitrogens with one attached hydrogen (secondary N) is 1. The van der Waals surface area contributed by atoms with Gasteiger partial charge in [0.15, 0.2) is 0 Å². The lowest BCUT2D eigenvalue weighted by Crippen LogP contribution is -2.27. The summed E-state index contributed by atoms with van der Waals surface area (Å²) in [7, 11) is 0. The molecular weight excluding hydrogens is 333 g/mol. The molecule has 0 spiro atoms. The van der Waals surface area contributed by atoms with E-state index in [-0.39, 0.29) is 11.7 Å². The van der Waals surface area contributed by atoms with Gasteiger partial charge in [-0.15, -0.1) is 10.2 Å². The number of thioether (sulfide) groups is 1. The molecule has 1 aromatic heterocycles. The normalized spacial score (nSPS) is 10.6. The molecule has 0 atom stereocenters. The molecule has 0 aliphatic carbocycles. The Balaban J connectivity index is 1.71. The number of hydrogen-bond acceptors (Lipinski definition) is 5. The van der Waals surface area contributed by atoms with Crippen LogP contribution < -0.4 is 5.32 Å². The van der Waals surface area contributed by atoms with Crippen molar-refractivity contribution in [1.29, 1.82) is 0 Å². The van der Waals surface area contributed by atoms with E-state index in [0.717, 1.165) is 5.56 Å². The van der Waals surface area contributed by atoms with E-state index < -0.39 is 0 Å². The van der Waals surface area contributed by atoms with Crippen molar-refractivity contribution < 1.29 is 9.21 Å². The average molecular weight is 346 g/mol. The molecule has 2 rings (SSSR count). The van der Waals surface area contributed by atoms with Crippen molar-refractivity contribution >= 4 is 40.9 Å². The van der Waals surface area contributed by atoms with E-state index in [0.29, 0.717) is 34.1 Å². The molecule has 2 aromatic rings. The zero-order chi connectivity index (χ0) is 15.2. The highest BCUT2D eigenvalue weighted by molar-refractivity contribution is 7.99. The van der Waals surface area contributed by atoms with Gasteiger partial charge in [-0.3, -0.25) is 4.79 Å². The van der Waals surface area contributed by atoms with Gasteiger partial charge in [0.05, 0.1) is 5.75 Å². The van der Waals surface area contributed by atoms with Crippen molar-refractivity contribution in [2.24, 2.45) is 0 Å². The Labute approximate surface area is 136 Å². The molecule has 8 heteroatoms. The maximum absolute atomic E-state index is 11.7. The predicted molar refractivity (Wildman–Crippen MR) is 82.9 cm³/mol. The van der Waals surface area contributed by atoms with E-state index in [1.54, 1.807) is 19.1 Å². The first-order chi connectivity index (χ1) is 10.0. The van der Waals surface area contributed by atoms with Crippen LogP contribution in [0.5, 0.6) is 0 Å². The maximum atomic E-state index is 11.7. The van der Waals surface area contributed by atoms with Gasteiger partial charge in [0.1, 0.15) is 0 Å². The second-order valence-corrected chi connectivity index (χ2v) is 5.98. The van der Waals surface area contributed by atoms with E-state index in [1.807, 2.05) is 6.07 Å². The number of aromatic nitrogens is 2. The summed E-state index contributed by atoms with van der Waals surface area (Å²) in [6, 6.07) is 5.32. The molecule has 0 radical (unpaired) electrons. The molecule has 0 bridgehead atoms. The van der Waals surface area contributed by atoms with Crippen LogP contribution >= 0.6 is 35.0 Å². The third kappa shape index (κ3) is 5.22. The molecule has 0 saturated heterocycles. The smallest absolute Gasteiger partial charge is 0.277 e. The zero-order valence-corrected chi connectivity index (χ0v) is 13.6. The molecular formula is C13H13Cl2N3O2S. The molecule has 0 saturated carbocycles. The number of nitrogens with zero attached hydrogens (tertiary/aromatic N) is 2. The van der Waals surface area contributed by atoms with E-state index in [9.17, 15) is 4.79 Å². The van der Waals surface area contributed by atoms with Crippen molar-refractivity contribution in [1.82, 2.24) is 15.5 Å². The third-order valence-corrected chi connectivity index (χ3v) is 3.97. The largest absolute Gasteiger partial charge is 0.416 e. The quantitative estimate of drug-likeness (QED) is 0.814. The number of halogens is 2. The lowest BCUT2D eigenvalue weighted by molar-refractivity contribution is -0.118. The van der Waals surface area contributed by atoms with Crippen molar-refractivity contribution in [3.05, 3.63) is 39.7 Å². The van der Waals surface area contributed by atoms with E-state index in [1.165, 1.54) is 11.8 Å². The monoisotopic (exact) mass is 345 g/mol. The lowest BCUT2D eigenvalue weighted by atomic mass is 10.1. The number of carbonyl (C=O) groups is 1. The molecule has 21 heavy (non-hydrogen) atoms. The molecule has 1 amide bonds. The van der Waals surface area contributed by atoms with Crippen LogP contribution in [0.15, 0.2) is 27.8 Å². The molecule has 0 unspecified atom stereocenters.